The molecule has 3 rings (SSSR count). The van der Waals surface area contributed by atoms with Crippen LogP contribution in [0.3, 0.4) is 0 Å². The van der Waals surface area contributed by atoms with E-state index in [0.717, 1.165) is 0 Å². The number of phenolic OH excluding ortho intramolecular Hbond substituents is 2. The molecule has 120 valence electrons. The van der Waals surface area contributed by atoms with Gasteiger partial charge in [0, 0.05) is 0 Å². The monoisotopic (exact) mass is 323 g/mol. The smallest absolute Gasteiger partial charge is 0.319 e. The number of nitrogens with one attached hydrogen (secondary N) is 1. The van der Waals surface area contributed by atoms with E-state index in [1.54, 1.807) is 36.4 Å². The van der Waals surface area contributed by atoms with E-state index in [1.165, 1.54) is 12.1 Å². The molecule has 5 N–H and O–H groups in total. The second kappa shape index (κ2) is 6.21. The standard InChI is InChI=1S/C16H13N5O3/c17-15(24)21-16-19-13(9-5-1-3-7-11(9)22)18-14(20-16)10-6-2-4-8-12(10)23/h1-8,22-23H,(H3,17,18,19,20,21,24). The summed E-state index contributed by atoms with van der Waals surface area (Å²) in [5.41, 5.74) is 5.81. The lowest BCUT2D eigenvalue weighted by atomic mass is 10.1. The van der Waals surface area contributed by atoms with Gasteiger partial charge in [0.1, 0.15) is 11.5 Å². The lowest BCUT2D eigenvalue weighted by Gasteiger charge is -2.09. The van der Waals surface area contributed by atoms with Crippen molar-refractivity contribution in [1.29, 1.82) is 0 Å². The van der Waals surface area contributed by atoms with Crippen LogP contribution in [-0.2, 0) is 0 Å². The highest BCUT2D eigenvalue weighted by atomic mass is 16.3. The van der Waals surface area contributed by atoms with E-state index in [4.69, 9.17) is 5.73 Å². The molecule has 8 nitrogen and oxygen atoms in total. The highest BCUT2D eigenvalue weighted by Crippen LogP contribution is 2.30. The molecular formula is C16H13N5O3. The Morgan fingerprint density at radius 1 is 0.833 bits per heavy atom. The van der Waals surface area contributed by atoms with Gasteiger partial charge in [0.15, 0.2) is 11.6 Å². The highest BCUT2D eigenvalue weighted by molar-refractivity contribution is 5.86. The molecule has 2 aromatic carbocycles. The van der Waals surface area contributed by atoms with Crippen molar-refractivity contribution in [3.05, 3.63) is 48.5 Å². The van der Waals surface area contributed by atoms with Crippen LogP contribution in [0, 0.1) is 0 Å². The quantitative estimate of drug-likeness (QED) is 0.583. The molecule has 24 heavy (non-hydrogen) atoms. The first-order valence-corrected chi connectivity index (χ1v) is 6.94. The molecule has 1 aromatic heterocycles. The molecule has 0 spiro atoms. The molecule has 0 radical (unpaired) electrons. The lowest BCUT2D eigenvalue weighted by molar-refractivity contribution is 0.259. The van der Waals surface area contributed by atoms with Crippen LogP contribution < -0.4 is 11.1 Å². The number of aromatic hydroxyl groups is 2. The molecule has 2 amide bonds. The van der Waals surface area contributed by atoms with Crippen molar-refractivity contribution < 1.29 is 15.0 Å². The summed E-state index contributed by atoms with van der Waals surface area (Å²) in [4.78, 5) is 23.5. The molecule has 3 aromatic rings. The summed E-state index contributed by atoms with van der Waals surface area (Å²) >= 11 is 0. The fourth-order valence-electron chi connectivity index (χ4n) is 2.11. The number of rotatable bonds is 3. The Bertz CT molecular complexity index is 850. The number of para-hydroxylation sites is 2. The number of urea groups is 1. The van der Waals surface area contributed by atoms with Gasteiger partial charge in [-0.25, -0.2) is 9.78 Å². The van der Waals surface area contributed by atoms with Gasteiger partial charge in [-0.2, -0.15) is 9.97 Å². The number of aromatic nitrogens is 3. The van der Waals surface area contributed by atoms with Gasteiger partial charge < -0.3 is 15.9 Å². The summed E-state index contributed by atoms with van der Waals surface area (Å²) in [6.07, 6.45) is 0. The summed E-state index contributed by atoms with van der Waals surface area (Å²) in [7, 11) is 0. The van der Waals surface area contributed by atoms with Crippen LogP contribution in [-0.4, -0.2) is 31.2 Å². The summed E-state index contributed by atoms with van der Waals surface area (Å²) in [5, 5.41) is 22.3. The number of carbonyl (C=O) groups excluding carboxylic acids is 1. The Morgan fingerprint density at radius 2 is 1.29 bits per heavy atom. The Morgan fingerprint density at radius 3 is 1.71 bits per heavy atom. The van der Waals surface area contributed by atoms with Crippen molar-refractivity contribution in [3.63, 3.8) is 0 Å². The van der Waals surface area contributed by atoms with E-state index in [1.807, 2.05) is 0 Å². The van der Waals surface area contributed by atoms with Crippen molar-refractivity contribution in [2.24, 2.45) is 5.73 Å². The molecular weight excluding hydrogens is 310 g/mol. The molecule has 0 aliphatic rings. The Kier molecular flexibility index (Phi) is 3.94. The van der Waals surface area contributed by atoms with Gasteiger partial charge in [-0.1, -0.05) is 24.3 Å². The summed E-state index contributed by atoms with van der Waals surface area (Å²) in [5.74, 6) is 0.109. The van der Waals surface area contributed by atoms with Crippen LogP contribution in [0.15, 0.2) is 48.5 Å². The number of hydrogen-bond donors (Lipinski definition) is 4. The maximum Gasteiger partial charge on any atom is 0.319 e. The third kappa shape index (κ3) is 3.07. The van der Waals surface area contributed by atoms with Crippen LogP contribution in [0.4, 0.5) is 10.7 Å². The summed E-state index contributed by atoms with van der Waals surface area (Å²) in [6, 6.07) is 12.1. The average molecular weight is 323 g/mol. The van der Waals surface area contributed by atoms with E-state index in [0.29, 0.717) is 11.1 Å². The summed E-state index contributed by atoms with van der Waals surface area (Å²) in [6.45, 7) is 0. The molecule has 8 heteroatoms. The average Bonchev–Trinajstić information content (AvgIpc) is 2.55. The normalized spacial score (nSPS) is 10.3. The van der Waals surface area contributed by atoms with Gasteiger partial charge in [0.25, 0.3) is 0 Å². The Labute approximate surface area is 136 Å². The van der Waals surface area contributed by atoms with Crippen LogP contribution in [0.1, 0.15) is 0 Å². The zero-order valence-electron chi connectivity index (χ0n) is 12.3. The van der Waals surface area contributed by atoms with Crippen LogP contribution in [0.25, 0.3) is 22.8 Å². The SMILES string of the molecule is NC(=O)Nc1nc(-c2ccccc2O)nc(-c2ccccc2O)n1. The fourth-order valence-corrected chi connectivity index (χ4v) is 2.11. The van der Waals surface area contributed by atoms with Gasteiger partial charge >= 0.3 is 6.03 Å². The zero-order chi connectivity index (χ0) is 17.1. The van der Waals surface area contributed by atoms with E-state index in [9.17, 15) is 15.0 Å². The van der Waals surface area contributed by atoms with Crippen molar-refractivity contribution in [3.8, 4) is 34.3 Å². The Hall–Kier alpha value is -3.68. The first-order valence-electron chi connectivity index (χ1n) is 6.94. The first kappa shape index (κ1) is 15.2. The van der Waals surface area contributed by atoms with E-state index in [-0.39, 0.29) is 29.1 Å². The maximum absolute atomic E-state index is 11.1. The van der Waals surface area contributed by atoms with Crippen molar-refractivity contribution in [1.82, 2.24) is 15.0 Å². The molecule has 1 heterocycles. The number of hydrogen-bond acceptors (Lipinski definition) is 6. The second-order valence-corrected chi connectivity index (χ2v) is 4.83. The predicted octanol–water partition coefficient (Wildman–Crippen LogP) is 2.11. The molecule has 0 bridgehead atoms. The van der Waals surface area contributed by atoms with E-state index < -0.39 is 6.03 Å². The third-order valence-corrected chi connectivity index (χ3v) is 3.16. The van der Waals surface area contributed by atoms with Gasteiger partial charge in [-0.3, -0.25) is 5.32 Å². The number of phenols is 2. The molecule has 0 saturated heterocycles. The minimum Gasteiger partial charge on any atom is -0.507 e. The van der Waals surface area contributed by atoms with Crippen LogP contribution in [0.2, 0.25) is 0 Å². The molecule has 0 atom stereocenters. The molecule has 0 aliphatic heterocycles. The number of amides is 2. The molecule has 0 aliphatic carbocycles. The van der Waals surface area contributed by atoms with Crippen LogP contribution in [0.5, 0.6) is 11.5 Å². The maximum atomic E-state index is 11.1. The predicted molar refractivity (Wildman–Crippen MR) is 87.2 cm³/mol. The number of nitrogens with two attached hydrogens (primary N) is 1. The lowest BCUT2D eigenvalue weighted by Crippen LogP contribution is -2.21. The number of carbonyl (C=O) groups is 1. The second-order valence-electron chi connectivity index (χ2n) is 4.83. The van der Waals surface area contributed by atoms with Gasteiger partial charge in [0.05, 0.1) is 11.1 Å². The fraction of sp³-hybridized carbons (Fsp3) is 0. The number of benzene rings is 2. The van der Waals surface area contributed by atoms with Gasteiger partial charge in [0.2, 0.25) is 5.95 Å². The number of primary amides is 1. The summed E-state index contributed by atoms with van der Waals surface area (Å²) < 4.78 is 0. The minimum absolute atomic E-state index is 0.0306. The van der Waals surface area contributed by atoms with E-state index in [2.05, 4.69) is 20.3 Å². The van der Waals surface area contributed by atoms with Crippen molar-refractivity contribution in [2.75, 3.05) is 5.32 Å². The van der Waals surface area contributed by atoms with E-state index >= 15 is 0 Å². The third-order valence-electron chi connectivity index (χ3n) is 3.16. The van der Waals surface area contributed by atoms with Gasteiger partial charge in [-0.15, -0.1) is 0 Å². The van der Waals surface area contributed by atoms with Crippen LogP contribution >= 0.6 is 0 Å². The number of anilines is 1. The number of nitrogens with zero attached hydrogens (tertiary/aromatic N) is 3. The Balaban J connectivity index is 2.20. The molecule has 0 unspecified atom stereocenters. The van der Waals surface area contributed by atoms with Crippen molar-refractivity contribution >= 4 is 12.0 Å². The highest BCUT2D eigenvalue weighted by Gasteiger charge is 2.15. The van der Waals surface area contributed by atoms with Gasteiger partial charge in [-0.05, 0) is 24.3 Å². The molecule has 0 fully saturated rings. The molecule has 0 saturated carbocycles. The first-order chi connectivity index (χ1) is 11.5. The largest absolute Gasteiger partial charge is 0.507 e. The topological polar surface area (TPSA) is 134 Å². The zero-order valence-corrected chi connectivity index (χ0v) is 12.3. The minimum atomic E-state index is -0.840. The van der Waals surface area contributed by atoms with Crippen molar-refractivity contribution in [2.45, 2.75) is 0 Å².